The van der Waals surface area contributed by atoms with Crippen molar-refractivity contribution < 1.29 is 19.5 Å². The monoisotopic (exact) mass is 332 g/mol. The van der Waals surface area contributed by atoms with E-state index in [1.165, 1.54) is 0 Å². The number of anilines is 1. The molecule has 0 radical (unpaired) electrons. The Balaban J connectivity index is 2.12. The molecule has 1 aromatic rings. The smallest absolute Gasteiger partial charge is 0.310 e. The van der Waals surface area contributed by atoms with Crippen molar-refractivity contribution in [3.05, 3.63) is 29.3 Å². The maximum atomic E-state index is 12.4. The van der Waals surface area contributed by atoms with Gasteiger partial charge in [-0.05, 0) is 44.4 Å². The third-order valence-electron chi connectivity index (χ3n) is 4.62. The first-order valence-electron chi connectivity index (χ1n) is 8.30. The van der Waals surface area contributed by atoms with Crippen LogP contribution < -0.4 is 10.6 Å². The van der Waals surface area contributed by atoms with Crippen LogP contribution in [0.5, 0.6) is 0 Å². The molecule has 130 valence electrons. The number of hydrogen-bond acceptors (Lipinski definition) is 3. The van der Waals surface area contributed by atoms with Gasteiger partial charge in [0.15, 0.2) is 0 Å². The summed E-state index contributed by atoms with van der Waals surface area (Å²) in [7, 11) is 0. The van der Waals surface area contributed by atoms with Crippen molar-refractivity contribution in [1.29, 1.82) is 0 Å². The van der Waals surface area contributed by atoms with Crippen molar-refractivity contribution in [2.45, 2.75) is 46.0 Å². The van der Waals surface area contributed by atoms with Crippen molar-refractivity contribution in [2.24, 2.45) is 5.41 Å². The van der Waals surface area contributed by atoms with Crippen molar-refractivity contribution in [1.82, 2.24) is 5.32 Å². The molecular formula is C18H24N2O4. The quantitative estimate of drug-likeness (QED) is 0.746. The van der Waals surface area contributed by atoms with Crippen LogP contribution in [0.25, 0.3) is 0 Å². The lowest BCUT2D eigenvalue weighted by atomic mass is 9.82. The van der Waals surface area contributed by atoms with Crippen molar-refractivity contribution >= 4 is 23.5 Å². The van der Waals surface area contributed by atoms with Crippen LogP contribution in [0.1, 0.15) is 54.9 Å². The van der Waals surface area contributed by atoms with E-state index in [1.807, 2.05) is 13.8 Å². The Bertz CT molecular complexity index is 648. The third kappa shape index (κ3) is 3.93. The summed E-state index contributed by atoms with van der Waals surface area (Å²) in [5.41, 5.74) is 0.885. The highest BCUT2D eigenvalue weighted by Crippen LogP contribution is 2.41. The van der Waals surface area contributed by atoms with Gasteiger partial charge in [0.25, 0.3) is 5.91 Å². The fraction of sp³-hybridized carbons (Fsp3) is 0.500. The summed E-state index contributed by atoms with van der Waals surface area (Å²) in [6.45, 7) is 4.19. The van der Waals surface area contributed by atoms with Gasteiger partial charge < -0.3 is 15.7 Å². The highest BCUT2D eigenvalue weighted by Gasteiger charge is 2.43. The minimum Gasteiger partial charge on any atom is -0.481 e. The van der Waals surface area contributed by atoms with Gasteiger partial charge in [-0.3, -0.25) is 14.4 Å². The van der Waals surface area contributed by atoms with Gasteiger partial charge in [0.2, 0.25) is 5.91 Å². The van der Waals surface area contributed by atoms with E-state index >= 15 is 0 Å². The molecule has 0 heterocycles. The van der Waals surface area contributed by atoms with Gasteiger partial charge in [-0.15, -0.1) is 0 Å². The summed E-state index contributed by atoms with van der Waals surface area (Å²) in [5, 5.41) is 15.0. The first kappa shape index (κ1) is 18.0. The van der Waals surface area contributed by atoms with Crippen LogP contribution in [0.2, 0.25) is 0 Å². The lowest BCUT2D eigenvalue weighted by molar-refractivity contribution is -0.150. The van der Waals surface area contributed by atoms with E-state index in [9.17, 15) is 19.5 Å². The molecule has 1 fully saturated rings. The van der Waals surface area contributed by atoms with Gasteiger partial charge >= 0.3 is 5.97 Å². The number of aliphatic carboxylic acids is 1. The number of aryl methyl sites for hydroxylation is 1. The largest absolute Gasteiger partial charge is 0.481 e. The predicted octanol–water partition coefficient (Wildman–Crippen LogP) is 2.72. The number of carbonyl (C=O) groups excluding carboxylic acids is 2. The van der Waals surface area contributed by atoms with Gasteiger partial charge in [0.05, 0.1) is 5.41 Å². The number of carboxylic acids is 1. The van der Waals surface area contributed by atoms with E-state index in [1.54, 1.807) is 18.2 Å². The number of hydrogen-bond donors (Lipinski definition) is 3. The Labute approximate surface area is 141 Å². The van der Waals surface area contributed by atoms with Gasteiger partial charge in [0, 0.05) is 24.2 Å². The van der Waals surface area contributed by atoms with Crippen molar-refractivity contribution in [2.75, 3.05) is 11.9 Å². The number of carbonyl (C=O) groups is 3. The lowest BCUT2D eigenvalue weighted by Gasteiger charge is -2.23. The molecule has 0 aliphatic heterocycles. The maximum absolute atomic E-state index is 12.4. The predicted molar refractivity (Wildman–Crippen MR) is 91.0 cm³/mol. The second kappa shape index (κ2) is 7.47. The summed E-state index contributed by atoms with van der Waals surface area (Å²) in [6, 6.07) is 5.09. The van der Waals surface area contributed by atoms with Crippen LogP contribution in [-0.4, -0.2) is 29.4 Å². The fourth-order valence-corrected chi connectivity index (χ4v) is 3.18. The van der Waals surface area contributed by atoms with Crippen LogP contribution >= 0.6 is 0 Å². The van der Waals surface area contributed by atoms with Crippen molar-refractivity contribution in [3.63, 3.8) is 0 Å². The molecule has 24 heavy (non-hydrogen) atoms. The van der Waals surface area contributed by atoms with E-state index in [-0.39, 0.29) is 18.2 Å². The van der Waals surface area contributed by atoms with Gasteiger partial charge in [0.1, 0.15) is 0 Å². The summed E-state index contributed by atoms with van der Waals surface area (Å²) in [5.74, 6) is -1.43. The summed E-state index contributed by atoms with van der Waals surface area (Å²) < 4.78 is 0. The highest BCUT2D eigenvalue weighted by atomic mass is 16.4. The zero-order valence-corrected chi connectivity index (χ0v) is 14.1. The SMILES string of the molecule is CCNC(=O)c1ccc(C)c(NC(=O)CC2(C(=O)O)CCCC2)c1. The van der Waals surface area contributed by atoms with E-state index in [2.05, 4.69) is 10.6 Å². The highest BCUT2D eigenvalue weighted by molar-refractivity contribution is 5.98. The molecule has 0 atom stereocenters. The Kier molecular flexibility index (Phi) is 5.59. The zero-order valence-electron chi connectivity index (χ0n) is 14.1. The number of rotatable bonds is 6. The van der Waals surface area contributed by atoms with Crippen LogP contribution in [0.4, 0.5) is 5.69 Å². The summed E-state index contributed by atoms with van der Waals surface area (Å²) in [6.07, 6.45) is 2.71. The molecule has 1 aromatic carbocycles. The Hall–Kier alpha value is -2.37. The fourth-order valence-electron chi connectivity index (χ4n) is 3.18. The minimum atomic E-state index is -0.949. The normalized spacial score (nSPS) is 15.8. The van der Waals surface area contributed by atoms with E-state index < -0.39 is 11.4 Å². The topological polar surface area (TPSA) is 95.5 Å². The number of benzene rings is 1. The van der Waals surface area contributed by atoms with E-state index in [4.69, 9.17) is 0 Å². The second-order valence-corrected chi connectivity index (χ2v) is 6.41. The number of amides is 2. The number of nitrogens with one attached hydrogen (secondary N) is 2. The number of carboxylic acid groups (broad SMARTS) is 1. The average molecular weight is 332 g/mol. The molecule has 6 heteroatoms. The second-order valence-electron chi connectivity index (χ2n) is 6.41. The molecular weight excluding hydrogens is 308 g/mol. The Morgan fingerprint density at radius 3 is 2.46 bits per heavy atom. The molecule has 1 saturated carbocycles. The van der Waals surface area contributed by atoms with Crippen molar-refractivity contribution in [3.8, 4) is 0 Å². The molecule has 2 rings (SSSR count). The molecule has 1 aliphatic rings. The zero-order chi connectivity index (χ0) is 17.7. The molecule has 1 aliphatic carbocycles. The lowest BCUT2D eigenvalue weighted by Crippen LogP contribution is -2.33. The molecule has 0 aromatic heterocycles. The molecule has 6 nitrogen and oxygen atoms in total. The van der Waals surface area contributed by atoms with Gasteiger partial charge in [-0.2, -0.15) is 0 Å². The first-order valence-corrected chi connectivity index (χ1v) is 8.30. The van der Waals surface area contributed by atoms with Crippen LogP contribution in [-0.2, 0) is 9.59 Å². The van der Waals surface area contributed by atoms with Crippen LogP contribution in [0, 0.1) is 12.3 Å². The van der Waals surface area contributed by atoms with Gasteiger partial charge in [-0.1, -0.05) is 18.9 Å². The van der Waals surface area contributed by atoms with Crippen LogP contribution in [0.15, 0.2) is 18.2 Å². The summed E-state index contributed by atoms with van der Waals surface area (Å²) >= 11 is 0. The maximum Gasteiger partial charge on any atom is 0.310 e. The van der Waals surface area contributed by atoms with E-state index in [0.717, 1.165) is 18.4 Å². The third-order valence-corrected chi connectivity index (χ3v) is 4.62. The molecule has 2 amide bonds. The van der Waals surface area contributed by atoms with E-state index in [0.29, 0.717) is 30.6 Å². The van der Waals surface area contributed by atoms with Crippen LogP contribution in [0.3, 0.4) is 0 Å². The minimum absolute atomic E-state index is 0.0346. The first-order chi connectivity index (χ1) is 11.4. The molecule has 0 spiro atoms. The van der Waals surface area contributed by atoms with Gasteiger partial charge in [-0.25, -0.2) is 0 Å². The molecule has 0 saturated heterocycles. The Morgan fingerprint density at radius 1 is 1.21 bits per heavy atom. The Morgan fingerprint density at radius 2 is 1.88 bits per heavy atom. The molecule has 0 unspecified atom stereocenters. The average Bonchev–Trinajstić information content (AvgIpc) is 2.99. The standard InChI is InChI=1S/C18H24N2O4/c1-3-19-16(22)13-7-6-12(2)14(10-13)20-15(21)11-18(17(23)24)8-4-5-9-18/h6-7,10H,3-5,8-9,11H2,1-2H3,(H,19,22)(H,20,21)(H,23,24). The molecule has 3 N–H and O–H groups in total. The molecule has 0 bridgehead atoms. The summed E-state index contributed by atoms with van der Waals surface area (Å²) in [4.78, 5) is 35.8.